The molecule has 0 bridgehead atoms. The van der Waals surface area contributed by atoms with Crippen LogP contribution in [-0.2, 0) is 6.54 Å². The second-order valence-corrected chi connectivity index (χ2v) is 8.44. The zero-order valence-electron chi connectivity index (χ0n) is 17.0. The number of amides is 2. The quantitative estimate of drug-likeness (QED) is 0.547. The summed E-state index contributed by atoms with van der Waals surface area (Å²) in [6.45, 7) is 1.89. The third-order valence-corrected chi connectivity index (χ3v) is 5.90. The molecule has 0 saturated carbocycles. The molecular formula is C24H24BrN3O3. The Kier molecular flexibility index (Phi) is 6.72. The molecule has 0 atom stereocenters. The van der Waals surface area contributed by atoms with Crippen LogP contribution in [0.4, 0.5) is 5.69 Å². The highest BCUT2D eigenvalue weighted by Gasteiger charge is 2.24. The number of anilines is 1. The average molecular weight is 482 g/mol. The third kappa shape index (κ3) is 5.35. The van der Waals surface area contributed by atoms with E-state index in [1.807, 2.05) is 54.6 Å². The second kappa shape index (κ2) is 9.83. The fraction of sp³-hybridized carbons (Fsp3) is 0.250. The Morgan fingerprint density at radius 1 is 1.00 bits per heavy atom. The number of para-hydroxylation sites is 1. The molecule has 1 aliphatic heterocycles. The van der Waals surface area contributed by atoms with Crippen molar-refractivity contribution in [1.29, 1.82) is 0 Å². The summed E-state index contributed by atoms with van der Waals surface area (Å²) in [6, 6.07) is 18.8. The molecule has 4 rings (SSSR count). The lowest BCUT2D eigenvalue weighted by molar-refractivity contribution is 0.0929. The van der Waals surface area contributed by atoms with Gasteiger partial charge in [0.1, 0.15) is 5.76 Å². The summed E-state index contributed by atoms with van der Waals surface area (Å²) in [7, 11) is 0. The maximum Gasteiger partial charge on any atom is 0.253 e. The first kappa shape index (κ1) is 21.2. The van der Waals surface area contributed by atoms with E-state index in [0.717, 1.165) is 36.1 Å². The van der Waals surface area contributed by atoms with Gasteiger partial charge in [-0.2, -0.15) is 0 Å². The number of carbonyl (C=O) groups is 2. The monoisotopic (exact) mass is 481 g/mol. The van der Waals surface area contributed by atoms with Crippen LogP contribution in [-0.4, -0.2) is 30.9 Å². The summed E-state index contributed by atoms with van der Waals surface area (Å²) in [4.78, 5) is 27.5. The highest BCUT2D eigenvalue weighted by Crippen LogP contribution is 2.25. The number of hydrogen-bond donors (Lipinski definition) is 2. The molecule has 2 heterocycles. The summed E-state index contributed by atoms with van der Waals surface area (Å²) in [5, 5.41) is 6.05. The van der Waals surface area contributed by atoms with Gasteiger partial charge in [-0.3, -0.25) is 9.59 Å². The summed E-state index contributed by atoms with van der Waals surface area (Å²) in [5.74, 6) is 0.530. The molecule has 0 radical (unpaired) electrons. The molecule has 1 fully saturated rings. The summed E-state index contributed by atoms with van der Waals surface area (Å²) >= 11 is 3.41. The van der Waals surface area contributed by atoms with Crippen LogP contribution in [0.3, 0.4) is 0 Å². The van der Waals surface area contributed by atoms with Crippen molar-refractivity contribution in [1.82, 2.24) is 10.6 Å². The Balaban J connectivity index is 1.35. The van der Waals surface area contributed by atoms with Crippen LogP contribution in [0.15, 0.2) is 75.8 Å². The number of hydrogen-bond acceptors (Lipinski definition) is 4. The van der Waals surface area contributed by atoms with Gasteiger partial charge in [0.2, 0.25) is 0 Å². The third-order valence-electron chi connectivity index (χ3n) is 5.41. The summed E-state index contributed by atoms with van der Waals surface area (Å²) in [6.07, 6.45) is 3.24. The van der Waals surface area contributed by atoms with Gasteiger partial charge < -0.3 is 20.0 Å². The lowest BCUT2D eigenvalue weighted by Gasteiger charge is -2.35. The standard InChI is InChI=1S/C24H24BrN3O3/c25-18-6-3-5-17(15-18)23(29)27-19-10-12-28(13-11-19)22-9-2-1-8-21(22)24(30)26-16-20-7-4-14-31-20/h1-9,14-15,19H,10-13,16H2,(H,26,30)(H,27,29). The molecule has 3 aromatic rings. The molecule has 31 heavy (non-hydrogen) atoms. The molecule has 0 spiro atoms. The van der Waals surface area contributed by atoms with Crippen LogP contribution < -0.4 is 15.5 Å². The second-order valence-electron chi connectivity index (χ2n) is 7.52. The number of carbonyl (C=O) groups excluding carboxylic acids is 2. The Labute approximate surface area is 189 Å². The molecule has 0 unspecified atom stereocenters. The van der Waals surface area contributed by atoms with Crippen LogP contribution in [0.1, 0.15) is 39.3 Å². The molecule has 2 aromatic carbocycles. The van der Waals surface area contributed by atoms with E-state index in [9.17, 15) is 9.59 Å². The largest absolute Gasteiger partial charge is 0.467 e. The zero-order chi connectivity index (χ0) is 21.6. The van der Waals surface area contributed by atoms with Crippen molar-refractivity contribution in [2.45, 2.75) is 25.4 Å². The van der Waals surface area contributed by atoms with Gasteiger partial charge in [-0.1, -0.05) is 34.1 Å². The normalized spacial score (nSPS) is 14.3. The fourth-order valence-corrected chi connectivity index (χ4v) is 4.18. The van der Waals surface area contributed by atoms with Gasteiger partial charge in [0.15, 0.2) is 0 Å². The molecule has 1 aliphatic rings. The van der Waals surface area contributed by atoms with Gasteiger partial charge >= 0.3 is 0 Å². The maximum absolute atomic E-state index is 12.8. The number of furan rings is 1. The summed E-state index contributed by atoms with van der Waals surface area (Å²) in [5.41, 5.74) is 2.21. The molecule has 2 N–H and O–H groups in total. The predicted molar refractivity (Wildman–Crippen MR) is 123 cm³/mol. The van der Waals surface area contributed by atoms with Crippen molar-refractivity contribution in [3.05, 3.63) is 88.3 Å². The van der Waals surface area contributed by atoms with E-state index in [2.05, 4.69) is 31.5 Å². The van der Waals surface area contributed by atoms with Gasteiger partial charge in [-0.25, -0.2) is 0 Å². The van der Waals surface area contributed by atoms with Crippen molar-refractivity contribution in [2.24, 2.45) is 0 Å². The number of piperidine rings is 1. The molecule has 1 aromatic heterocycles. The molecular weight excluding hydrogens is 458 g/mol. The van der Waals surface area contributed by atoms with Crippen molar-refractivity contribution >= 4 is 33.4 Å². The van der Waals surface area contributed by atoms with Gasteiger partial charge in [-0.15, -0.1) is 0 Å². The number of benzene rings is 2. The van der Waals surface area contributed by atoms with Crippen molar-refractivity contribution in [3.63, 3.8) is 0 Å². The van der Waals surface area contributed by atoms with Crippen LogP contribution in [0.25, 0.3) is 0 Å². The molecule has 1 saturated heterocycles. The summed E-state index contributed by atoms with van der Waals surface area (Å²) < 4.78 is 6.17. The van der Waals surface area contributed by atoms with Crippen LogP contribution in [0.2, 0.25) is 0 Å². The first-order valence-electron chi connectivity index (χ1n) is 10.3. The number of rotatable bonds is 6. The van der Waals surface area contributed by atoms with Gasteiger partial charge in [-0.05, 0) is 55.3 Å². The van der Waals surface area contributed by atoms with E-state index in [1.165, 1.54) is 0 Å². The highest BCUT2D eigenvalue weighted by atomic mass is 79.9. The van der Waals surface area contributed by atoms with Gasteiger partial charge in [0.25, 0.3) is 11.8 Å². The van der Waals surface area contributed by atoms with E-state index >= 15 is 0 Å². The van der Waals surface area contributed by atoms with E-state index in [0.29, 0.717) is 23.4 Å². The van der Waals surface area contributed by atoms with Gasteiger partial charge in [0.05, 0.1) is 18.4 Å². The fourth-order valence-electron chi connectivity index (χ4n) is 3.78. The van der Waals surface area contributed by atoms with Crippen molar-refractivity contribution < 1.29 is 14.0 Å². The first-order valence-corrected chi connectivity index (χ1v) is 11.1. The molecule has 2 amide bonds. The smallest absolute Gasteiger partial charge is 0.253 e. The Hall–Kier alpha value is -3.06. The number of nitrogens with one attached hydrogen (secondary N) is 2. The van der Waals surface area contributed by atoms with Crippen molar-refractivity contribution in [3.8, 4) is 0 Å². The van der Waals surface area contributed by atoms with E-state index in [4.69, 9.17) is 4.42 Å². The number of halogens is 1. The van der Waals surface area contributed by atoms with E-state index < -0.39 is 0 Å². The minimum Gasteiger partial charge on any atom is -0.467 e. The van der Waals surface area contributed by atoms with Gasteiger partial charge in [0, 0.05) is 34.9 Å². The lowest BCUT2D eigenvalue weighted by Crippen LogP contribution is -2.45. The Morgan fingerprint density at radius 2 is 1.81 bits per heavy atom. The maximum atomic E-state index is 12.8. The molecule has 6 nitrogen and oxygen atoms in total. The zero-order valence-corrected chi connectivity index (χ0v) is 18.6. The van der Waals surface area contributed by atoms with Crippen LogP contribution >= 0.6 is 15.9 Å². The Bertz CT molecular complexity index is 1040. The number of nitrogens with zero attached hydrogens (tertiary/aromatic N) is 1. The lowest BCUT2D eigenvalue weighted by atomic mass is 10.0. The minimum absolute atomic E-state index is 0.0579. The molecule has 7 heteroatoms. The van der Waals surface area contributed by atoms with E-state index in [-0.39, 0.29) is 17.9 Å². The first-order chi connectivity index (χ1) is 15.1. The average Bonchev–Trinajstić information content (AvgIpc) is 3.32. The van der Waals surface area contributed by atoms with Crippen LogP contribution in [0, 0.1) is 0 Å². The minimum atomic E-state index is -0.128. The highest BCUT2D eigenvalue weighted by molar-refractivity contribution is 9.10. The van der Waals surface area contributed by atoms with E-state index in [1.54, 1.807) is 12.3 Å². The Morgan fingerprint density at radius 3 is 2.55 bits per heavy atom. The van der Waals surface area contributed by atoms with Crippen molar-refractivity contribution in [2.75, 3.05) is 18.0 Å². The molecule has 0 aliphatic carbocycles. The molecule has 160 valence electrons. The topological polar surface area (TPSA) is 74.6 Å². The van der Waals surface area contributed by atoms with Crippen LogP contribution in [0.5, 0.6) is 0 Å². The SMILES string of the molecule is O=C(NC1CCN(c2ccccc2C(=O)NCc2ccco2)CC1)c1cccc(Br)c1. The predicted octanol–water partition coefficient (Wildman–Crippen LogP) is 4.37.